The molecule has 3 rings (SSSR count). The summed E-state index contributed by atoms with van der Waals surface area (Å²) in [6, 6.07) is 2.18. The van der Waals surface area contributed by atoms with Crippen LogP contribution in [-0.2, 0) is 19.1 Å². The van der Waals surface area contributed by atoms with Crippen molar-refractivity contribution in [2.75, 3.05) is 38.8 Å². The zero-order chi connectivity index (χ0) is 21.6. The third-order valence-corrected chi connectivity index (χ3v) is 4.56. The second-order valence-electron chi connectivity index (χ2n) is 6.68. The Morgan fingerprint density at radius 3 is 2.62 bits per heavy atom. The number of hydrogen-bond acceptors (Lipinski definition) is 7. The van der Waals surface area contributed by atoms with E-state index in [0.29, 0.717) is 6.61 Å². The minimum absolute atomic E-state index is 0.00122. The smallest absolute Gasteiger partial charge is 0.475 e. The summed E-state index contributed by atoms with van der Waals surface area (Å²) in [5, 5.41) is 7.12. The van der Waals surface area contributed by atoms with Gasteiger partial charge in [0.15, 0.2) is 0 Å². The number of amides is 1. The number of halogens is 3. The number of likely N-dealkylation sites (N-methyl/N-ethyl adjacent to an activating group) is 1. The first-order valence-corrected chi connectivity index (χ1v) is 8.87. The summed E-state index contributed by atoms with van der Waals surface area (Å²) in [7, 11) is 3.47. The number of carboxylic acid groups (broad SMARTS) is 1. The van der Waals surface area contributed by atoms with Crippen LogP contribution in [0.5, 0.6) is 0 Å². The van der Waals surface area contributed by atoms with Crippen molar-refractivity contribution in [3.63, 3.8) is 0 Å². The molecule has 162 valence electrons. The lowest BCUT2D eigenvalue weighted by Crippen LogP contribution is -2.52. The Labute approximate surface area is 165 Å². The summed E-state index contributed by atoms with van der Waals surface area (Å²) in [5.41, 5.74) is 0. The van der Waals surface area contributed by atoms with E-state index in [2.05, 4.69) is 14.9 Å². The van der Waals surface area contributed by atoms with Crippen molar-refractivity contribution in [3.05, 3.63) is 18.6 Å². The molecule has 0 radical (unpaired) electrons. The molecule has 0 spiro atoms. The summed E-state index contributed by atoms with van der Waals surface area (Å²) in [5.74, 6) is -1.85. The molecule has 0 aromatic carbocycles. The maximum atomic E-state index is 11.7. The summed E-state index contributed by atoms with van der Waals surface area (Å²) < 4.78 is 43.5. The van der Waals surface area contributed by atoms with Crippen LogP contribution >= 0.6 is 0 Å². The fourth-order valence-corrected chi connectivity index (χ4v) is 3.14. The van der Waals surface area contributed by atoms with E-state index in [0.717, 1.165) is 25.2 Å². The minimum Gasteiger partial charge on any atom is -0.475 e. The highest BCUT2D eigenvalue weighted by molar-refractivity contribution is 5.76. The largest absolute Gasteiger partial charge is 0.490 e. The van der Waals surface area contributed by atoms with Gasteiger partial charge < -0.3 is 24.4 Å². The van der Waals surface area contributed by atoms with Gasteiger partial charge in [-0.1, -0.05) is 0 Å². The van der Waals surface area contributed by atoms with Gasteiger partial charge in [-0.25, -0.2) is 14.8 Å². The quantitative estimate of drug-likeness (QED) is 0.768. The lowest BCUT2D eigenvalue weighted by Gasteiger charge is -2.39. The molecule has 29 heavy (non-hydrogen) atoms. The van der Waals surface area contributed by atoms with Crippen LogP contribution in [0, 0.1) is 0 Å². The first-order valence-electron chi connectivity index (χ1n) is 8.87. The number of aromatic nitrogens is 2. The van der Waals surface area contributed by atoms with Crippen LogP contribution in [0.3, 0.4) is 0 Å². The number of aliphatic carboxylic acids is 1. The van der Waals surface area contributed by atoms with Gasteiger partial charge in [-0.3, -0.25) is 4.79 Å². The number of hydrogen-bond donors (Lipinski definition) is 1. The molecule has 9 nitrogen and oxygen atoms in total. The van der Waals surface area contributed by atoms with Crippen molar-refractivity contribution < 1.29 is 37.3 Å². The highest BCUT2D eigenvalue weighted by Crippen LogP contribution is 2.34. The highest BCUT2D eigenvalue weighted by atomic mass is 19.4. The van der Waals surface area contributed by atoms with E-state index in [9.17, 15) is 18.0 Å². The lowest BCUT2D eigenvalue weighted by molar-refractivity contribution is -0.192. The number of anilines is 1. The zero-order valence-electron chi connectivity index (χ0n) is 16.0. The number of nitrogens with zero attached hydrogens (tertiary/aromatic N) is 4. The van der Waals surface area contributed by atoms with Crippen molar-refractivity contribution in [2.24, 2.45) is 0 Å². The molecule has 1 saturated heterocycles. The summed E-state index contributed by atoms with van der Waals surface area (Å²) in [6.45, 7) is 1.58. The summed E-state index contributed by atoms with van der Waals surface area (Å²) >= 11 is 0. The van der Waals surface area contributed by atoms with Gasteiger partial charge in [-0.2, -0.15) is 13.2 Å². The van der Waals surface area contributed by atoms with Crippen molar-refractivity contribution in [1.29, 1.82) is 0 Å². The third kappa shape index (κ3) is 6.26. The number of alkyl halides is 3. The number of carboxylic acids is 1. The number of rotatable bonds is 4. The van der Waals surface area contributed by atoms with E-state index in [1.807, 2.05) is 6.07 Å². The van der Waals surface area contributed by atoms with E-state index in [4.69, 9.17) is 19.4 Å². The molecule has 1 N–H and O–H groups in total. The molecular formula is C17H23F3N4O5. The molecule has 1 aliphatic heterocycles. The Kier molecular flexibility index (Phi) is 7.73. The predicted octanol–water partition coefficient (Wildman–Crippen LogP) is 0.951. The van der Waals surface area contributed by atoms with Gasteiger partial charge in [-0.05, 0) is 18.9 Å². The van der Waals surface area contributed by atoms with Gasteiger partial charge in [0, 0.05) is 26.8 Å². The Morgan fingerprint density at radius 2 is 2.07 bits per heavy atom. The molecule has 1 aliphatic carbocycles. The van der Waals surface area contributed by atoms with Gasteiger partial charge in [0.1, 0.15) is 24.9 Å². The van der Waals surface area contributed by atoms with Gasteiger partial charge in [0.2, 0.25) is 5.91 Å². The van der Waals surface area contributed by atoms with Gasteiger partial charge in [-0.15, -0.1) is 0 Å². The van der Waals surface area contributed by atoms with E-state index in [1.54, 1.807) is 31.5 Å². The predicted molar refractivity (Wildman–Crippen MR) is 94.3 cm³/mol. The summed E-state index contributed by atoms with van der Waals surface area (Å²) in [6.07, 6.45) is 0.0918. The molecule has 0 unspecified atom stereocenters. The Hall–Kier alpha value is -2.47. The Bertz CT molecular complexity index is 689. The molecule has 2 heterocycles. The maximum Gasteiger partial charge on any atom is 0.490 e. The van der Waals surface area contributed by atoms with Crippen LogP contribution in [0.1, 0.15) is 12.8 Å². The molecule has 3 atom stereocenters. The number of ether oxygens (including phenoxy) is 2. The van der Waals surface area contributed by atoms with Gasteiger partial charge in [0.25, 0.3) is 0 Å². The van der Waals surface area contributed by atoms with Crippen LogP contribution in [0.4, 0.5) is 19.0 Å². The van der Waals surface area contributed by atoms with E-state index >= 15 is 0 Å². The van der Waals surface area contributed by atoms with Crippen LogP contribution in [0.2, 0.25) is 0 Å². The topological polar surface area (TPSA) is 105 Å². The van der Waals surface area contributed by atoms with E-state index in [-0.39, 0.29) is 30.8 Å². The van der Waals surface area contributed by atoms with E-state index < -0.39 is 12.1 Å². The Morgan fingerprint density at radius 1 is 1.38 bits per heavy atom. The second kappa shape index (κ2) is 9.83. The number of carbonyl (C=O) groups excluding carboxylic acids is 1. The lowest BCUT2D eigenvalue weighted by atomic mass is 10.1. The van der Waals surface area contributed by atoms with E-state index in [1.165, 1.54) is 0 Å². The van der Waals surface area contributed by atoms with Crippen LogP contribution in [0.15, 0.2) is 18.6 Å². The van der Waals surface area contributed by atoms with Gasteiger partial charge in [0.05, 0.1) is 18.8 Å². The minimum atomic E-state index is -5.08. The highest BCUT2D eigenvalue weighted by Gasteiger charge is 2.44. The van der Waals surface area contributed by atoms with Crippen molar-refractivity contribution >= 4 is 17.7 Å². The molecule has 2 aliphatic rings. The molecule has 0 bridgehead atoms. The SMILES string of the molecule is CN(C)C(=O)CO[C@@H]1CC[C@H]2[C@H]1OCCN2c1ccncn1.O=C(O)C(F)(F)F. The molecular weight excluding hydrogens is 397 g/mol. The molecule has 12 heteroatoms. The first-order chi connectivity index (χ1) is 13.6. The first kappa shape index (κ1) is 22.8. The monoisotopic (exact) mass is 420 g/mol. The number of morpholine rings is 1. The third-order valence-electron chi connectivity index (χ3n) is 4.56. The molecule has 1 saturated carbocycles. The standard InChI is InChI=1S/C15H22N4O3.C2HF3O2/c1-18(2)14(20)9-22-12-4-3-11-15(12)21-8-7-19(11)13-5-6-16-10-17-13;3-2(4,5)1(6)7/h5-6,10-12,15H,3-4,7-9H2,1-2H3;(H,6,7)/t11-,12+,15+;/m0./s1. The molecule has 1 amide bonds. The Balaban J connectivity index is 0.000000370. The molecule has 1 aromatic heterocycles. The van der Waals surface area contributed by atoms with Crippen LogP contribution < -0.4 is 4.90 Å². The number of carbonyl (C=O) groups is 2. The molecule has 2 fully saturated rings. The fraction of sp³-hybridized carbons (Fsp3) is 0.647. The average Bonchev–Trinajstić information content (AvgIpc) is 3.09. The molecule has 1 aromatic rings. The number of fused-ring (bicyclic) bond motifs is 1. The van der Waals surface area contributed by atoms with Crippen LogP contribution in [0.25, 0.3) is 0 Å². The van der Waals surface area contributed by atoms with Crippen LogP contribution in [-0.4, -0.2) is 90.1 Å². The van der Waals surface area contributed by atoms with Crippen molar-refractivity contribution in [1.82, 2.24) is 14.9 Å². The van der Waals surface area contributed by atoms with Crippen molar-refractivity contribution in [2.45, 2.75) is 37.3 Å². The fourth-order valence-electron chi connectivity index (χ4n) is 3.14. The normalized spacial score (nSPS) is 23.6. The maximum absolute atomic E-state index is 11.7. The summed E-state index contributed by atoms with van der Waals surface area (Å²) in [4.78, 5) is 32.7. The van der Waals surface area contributed by atoms with Crippen molar-refractivity contribution in [3.8, 4) is 0 Å². The second-order valence-corrected chi connectivity index (χ2v) is 6.68. The zero-order valence-corrected chi connectivity index (χ0v) is 16.0. The average molecular weight is 420 g/mol. The van der Waals surface area contributed by atoms with Gasteiger partial charge >= 0.3 is 12.1 Å².